The Labute approximate surface area is 209 Å². The van der Waals surface area contributed by atoms with E-state index in [1.54, 1.807) is 6.21 Å². The third kappa shape index (κ3) is 5.69. The summed E-state index contributed by atoms with van der Waals surface area (Å²) in [6, 6.07) is 14.2. The van der Waals surface area contributed by atoms with Crippen molar-refractivity contribution < 1.29 is 4.79 Å². The SMILES string of the molecule is NC(=O)c1c(N=Cc2ccc(CI)cc2CI)n[nH]c1Nc1cccc(CI)c1. The lowest BCUT2D eigenvalue weighted by Gasteiger charge is -2.07. The van der Waals surface area contributed by atoms with E-state index in [0.29, 0.717) is 5.82 Å². The first-order chi connectivity index (χ1) is 14.0. The van der Waals surface area contributed by atoms with Crippen LogP contribution < -0.4 is 11.1 Å². The number of amides is 1. The molecule has 0 atom stereocenters. The van der Waals surface area contributed by atoms with E-state index in [1.807, 2.05) is 30.3 Å². The predicted octanol–water partition coefficient (Wildman–Crippen LogP) is 5.81. The number of rotatable bonds is 8. The van der Waals surface area contributed by atoms with Crippen molar-refractivity contribution in [3.05, 3.63) is 70.3 Å². The zero-order valence-electron chi connectivity index (χ0n) is 15.3. The Kier molecular flexibility index (Phi) is 8.29. The molecule has 0 saturated heterocycles. The van der Waals surface area contributed by atoms with Crippen LogP contribution in [0.4, 0.5) is 17.3 Å². The third-order valence-electron chi connectivity index (χ3n) is 4.18. The molecule has 1 amide bonds. The summed E-state index contributed by atoms with van der Waals surface area (Å²) in [5.41, 5.74) is 11.3. The molecule has 29 heavy (non-hydrogen) atoms. The van der Waals surface area contributed by atoms with Crippen molar-refractivity contribution in [2.45, 2.75) is 13.3 Å². The van der Waals surface area contributed by atoms with Crippen LogP contribution >= 0.6 is 67.8 Å². The molecular formula is C20H18I3N5O. The van der Waals surface area contributed by atoms with E-state index >= 15 is 0 Å². The molecule has 2 aromatic carbocycles. The maximum absolute atomic E-state index is 12.1. The minimum atomic E-state index is -0.590. The first kappa shape index (κ1) is 22.5. The molecule has 1 aromatic heterocycles. The number of aromatic nitrogens is 2. The Morgan fingerprint density at radius 2 is 1.86 bits per heavy atom. The zero-order chi connectivity index (χ0) is 20.8. The maximum atomic E-state index is 12.1. The molecule has 0 unspecified atom stereocenters. The number of carbonyl (C=O) groups excluding carboxylic acids is 1. The largest absolute Gasteiger partial charge is 0.365 e. The smallest absolute Gasteiger partial charge is 0.256 e. The van der Waals surface area contributed by atoms with Gasteiger partial charge in [-0.15, -0.1) is 0 Å². The molecule has 4 N–H and O–H groups in total. The Balaban J connectivity index is 1.91. The van der Waals surface area contributed by atoms with E-state index in [2.05, 4.69) is 100 Å². The molecule has 6 nitrogen and oxygen atoms in total. The summed E-state index contributed by atoms with van der Waals surface area (Å²) in [4.78, 5) is 16.5. The maximum Gasteiger partial charge on any atom is 0.256 e. The number of nitrogens with zero attached hydrogens (tertiary/aromatic N) is 2. The molecule has 1 heterocycles. The fourth-order valence-electron chi connectivity index (χ4n) is 2.74. The monoisotopic (exact) mass is 725 g/mol. The predicted molar refractivity (Wildman–Crippen MR) is 144 cm³/mol. The number of aliphatic imine (C=N–C) groups is 1. The molecule has 150 valence electrons. The highest BCUT2D eigenvalue weighted by Crippen LogP contribution is 2.27. The van der Waals surface area contributed by atoms with Crippen LogP contribution in [0.25, 0.3) is 0 Å². The topological polar surface area (TPSA) is 96.2 Å². The fourth-order valence-corrected chi connectivity index (χ4v) is 4.35. The molecule has 0 bridgehead atoms. The molecule has 3 aromatic rings. The van der Waals surface area contributed by atoms with Crippen LogP contribution in [0.1, 0.15) is 32.6 Å². The second-order valence-corrected chi connectivity index (χ2v) is 8.47. The second-order valence-electron chi connectivity index (χ2n) is 6.18. The van der Waals surface area contributed by atoms with Gasteiger partial charge in [-0.05, 0) is 34.4 Å². The summed E-state index contributed by atoms with van der Waals surface area (Å²) in [6.07, 6.45) is 1.73. The average Bonchev–Trinajstić information content (AvgIpc) is 3.14. The summed E-state index contributed by atoms with van der Waals surface area (Å²) in [5.74, 6) is 0.111. The van der Waals surface area contributed by atoms with Gasteiger partial charge in [0.2, 0.25) is 0 Å². The standard InChI is InChI=1S/C20H18I3N5O/c21-8-12-2-1-3-16(7-12)26-20-17(18(24)29)19(27-28-20)25-11-14-5-4-13(9-22)6-15(14)10-23/h1-7,11H,8-10H2,(H2,24,29)(H2,26,27,28). The molecule has 3 rings (SSSR count). The fraction of sp³-hybridized carbons (Fsp3) is 0.150. The number of hydrogen-bond acceptors (Lipinski definition) is 4. The highest BCUT2D eigenvalue weighted by atomic mass is 127. The molecule has 9 heteroatoms. The van der Waals surface area contributed by atoms with Gasteiger partial charge in [-0.1, -0.05) is 98.1 Å². The first-order valence-electron chi connectivity index (χ1n) is 8.63. The molecule has 0 radical (unpaired) electrons. The van der Waals surface area contributed by atoms with Crippen molar-refractivity contribution in [2.24, 2.45) is 10.7 Å². The quantitative estimate of drug-likeness (QED) is 0.156. The van der Waals surface area contributed by atoms with Crippen molar-refractivity contribution in [1.29, 1.82) is 0 Å². The summed E-state index contributed by atoms with van der Waals surface area (Å²) in [6.45, 7) is 0. The van der Waals surface area contributed by atoms with Gasteiger partial charge in [-0.25, -0.2) is 4.99 Å². The number of anilines is 2. The van der Waals surface area contributed by atoms with E-state index in [-0.39, 0.29) is 11.4 Å². The van der Waals surface area contributed by atoms with Crippen molar-refractivity contribution in [3.8, 4) is 0 Å². The van der Waals surface area contributed by atoms with Crippen LogP contribution in [0.5, 0.6) is 0 Å². The van der Waals surface area contributed by atoms with Crippen LogP contribution in [-0.2, 0) is 13.3 Å². The summed E-state index contributed by atoms with van der Waals surface area (Å²) >= 11 is 6.99. The molecule has 0 spiro atoms. The summed E-state index contributed by atoms with van der Waals surface area (Å²) in [7, 11) is 0. The van der Waals surface area contributed by atoms with E-state index in [9.17, 15) is 4.79 Å². The van der Waals surface area contributed by atoms with Gasteiger partial charge in [0.25, 0.3) is 5.91 Å². The molecule has 0 aliphatic rings. The average molecular weight is 725 g/mol. The lowest BCUT2D eigenvalue weighted by Crippen LogP contribution is -2.12. The van der Waals surface area contributed by atoms with Crippen LogP contribution in [0.2, 0.25) is 0 Å². The lowest BCUT2D eigenvalue weighted by molar-refractivity contribution is 0.100. The lowest BCUT2D eigenvalue weighted by atomic mass is 10.1. The van der Waals surface area contributed by atoms with Gasteiger partial charge in [0.05, 0.1) is 0 Å². The summed E-state index contributed by atoms with van der Waals surface area (Å²) in [5, 5.41) is 10.2. The Bertz CT molecular complexity index is 1050. The van der Waals surface area contributed by atoms with Crippen LogP contribution in [0.3, 0.4) is 0 Å². The first-order valence-corrected chi connectivity index (χ1v) is 13.2. The van der Waals surface area contributed by atoms with Gasteiger partial charge < -0.3 is 11.1 Å². The Hall–Kier alpha value is -1.22. The molecular weight excluding hydrogens is 707 g/mol. The van der Waals surface area contributed by atoms with E-state index in [4.69, 9.17) is 5.73 Å². The van der Waals surface area contributed by atoms with Gasteiger partial charge in [-0.3, -0.25) is 9.89 Å². The van der Waals surface area contributed by atoms with Gasteiger partial charge in [0.1, 0.15) is 11.4 Å². The van der Waals surface area contributed by atoms with Crippen LogP contribution in [0.15, 0.2) is 47.5 Å². The number of hydrogen-bond donors (Lipinski definition) is 3. The van der Waals surface area contributed by atoms with E-state index in [0.717, 1.165) is 24.5 Å². The van der Waals surface area contributed by atoms with E-state index < -0.39 is 5.91 Å². The number of nitrogens with one attached hydrogen (secondary N) is 2. The minimum absolute atomic E-state index is 0.237. The molecule has 0 aliphatic heterocycles. The number of nitrogens with two attached hydrogens (primary N) is 1. The highest BCUT2D eigenvalue weighted by molar-refractivity contribution is 14.1. The van der Waals surface area contributed by atoms with Crippen LogP contribution in [0, 0.1) is 0 Å². The van der Waals surface area contributed by atoms with Gasteiger partial charge in [0.15, 0.2) is 5.82 Å². The number of benzene rings is 2. The number of H-pyrrole nitrogens is 1. The minimum Gasteiger partial charge on any atom is -0.365 e. The number of alkyl halides is 3. The van der Waals surface area contributed by atoms with Crippen molar-refractivity contribution in [1.82, 2.24) is 10.2 Å². The molecule has 0 saturated carbocycles. The normalized spacial score (nSPS) is 11.1. The van der Waals surface area contributed by atoms with Gasteiger partial charge >= 0.3 is 0 Å². The molecule has 0 aliphatic carbocycles. The van der Waals surface area contributed by atoms with Crippen molar-refractivity contribution in [2.75, 3.05) is 5.32 Å². The number of aromatic amines is 1. The van der Waals surface area contributed by atoms with Gasteiger partial charge in [0, 0.05) is 25.2 Å². The van der Waals surface area contributed by atoms with Crippen LogP contribution in [-0.4, -0.2) is 22.3 Å². The Morgan fingerprint density at radius 3 is 2.55 bits per heavy atom. The van der Waals surface area contributed by atoms with Crippen molar-refractivity contribution >= 4 is 97.2 Å². The number of carbonyl (C=O) groups is 1. The zero-order valence-corrected chi connectivity index (χ0v) is 21.7. The third-order valence-corrected chi connectivity index (χ3v) is 6.76. The Morgan fingerprint density at radius 1 is 1.10 bits per heavy atom. The van der Waals surface area contributed by atoms with Crippen molar-refractivity contribution in [3.63, 3.8) is 0 Å². The summed E-state index contributed by atoms with van der Waals surface area (Å²) < 4.78 is 2.72. The molecule has 0 fully saturated rings. The van der Waals surface area contributed by atoms with Gasteiger partial charge in [-0.2, -0.15) is 5.10 Å². The second kappa shape index (κ2) is 10.7. The highest BCUT2D eigenvalue weighted by Gasteiger charge is 2.18. The van der Waals surface area contributed by atoms with E-state index in [1.165, 1.54) is 16.7 Å². The number of halogens is 3. The number of primary amides is 1.